The van der Waals surface area contributed by atoms with E-state index < -0.39 is 0 Å². The number of nitrogens with zero attached hydrogens (tertiary/aromatic N) is 3. The van der Waals surface area contributed by atoms with Crippen molar-refractivity contribution in [2.75, 3.05) is 32.5 Å². The normalized spacial score (nSPS) is 11.6. The summed E-state index contributed by atoms with van der Waals surface area (Å²) in [4.78, 5) is 9.74. The molecule has 184 valence electrons. The van der Waals surface area contributed by atoms with Gasteiger partial charge in [0.25, 0.3) is 0 Å². The van der Waals surface area contributed by atoms with Gasteiger partial charge < -0.3 is 15.2 Å². The highest BCUT2D eigenvalue weighted by Gasteiger charge is 2.15. The molecule has 3 aromatic carbocycles. The molecule has 0 saturated heterocycles. The number of H-pyrrole nitrogens is 2. The minimum absolute atomic E-state index is 0.264. The summed E-state index contributed by atoms with van der Waals surface area (Å²) in [7, 11) is 4.04. The van der Waals surface area contributed by atoms with Crippen molar-refractivity contribution in [1.82, 2.24) is 25.1 Å². The van der Waals surface area contributed by atoms with E-state index in [-0.39, 0.29) is 5.82 Å². The maximum Gasteiger partial charge on any atom is 0.125 e. The molecular weight excluding hydrogens is 463 g/mol. The molecule has 3 heterocycles. The first-order valence-corrected chi connectivity index (χ1v) is 12.3. The molecule has 3 aromatic heterocycles. The van der Waals surface area contributed by atoms with Gasteiger partial charge in [-0.25, -0.2) is 4.39 Å². The number of rotatable bonds is 7. The van der Waals surface area contributed by atoms with Crippen molar-refractivity contribution in [3.05, 3.63) is 91.0 Å². The molecule has 0 amide bonds. The van der Waals surface area contributed by atoms with Crippen LogP contribution in [0.2, 0.25) is 0 Å². The molecule has 0 aliphatic rings. The second kappa shape index (κ2) is 9.52. The molecule has 3 N–H and O–H groups in total. The predicted molar refractivity (Wildman–Crippen MR) is 149 cm³/mol. The molecule has 6 aromatic rings. The zero-order valence-corrected chi connectivity index (χ0v) is 20.7. The standard InChI is InChI=1S/C30H27FN6/c1-37(2)13-12-33-23-15-21(14-22(31)17-23)24-4-3-5-27-25(24)18-29(34-27)30-26-16-20(6-7-28(26)35-36-30)19-8-10-32-11-9-19/h3-11,14-18,33-34H,12-13H2,1-2H3,(H,35,36). The summed E-state index contributed by atoms with van der Waals surface area (Å²) in [6, 6.07) is 23.6. The van der Waals surface area contributed by atoms with Crippen LogP contribution >= 0.6 is 0 Å². The number of likely N-dealkylation sites (N-methyl/N-ethyl adjacent to an activating group) is 1. The first kappa shape index (κ1) is 22.9. The van der Waals surface area contributed by atoms with Crippen LogP contribution in [0.4, 0.5) is 10.1 Å². The summed E-state index contributed by atoms with van der Waals surface area (Å²) in [5.74, 6) is -0.264. The Kier molecular flexibility index (Phi) is 5.90. The Morgan fingerprint density at radius 2 is 1.70 bits per heavy atom. The number of hydrogen-bond acceptors (Lipinski definition) is 4. The van der Waals surface area contributed by atoms with E-state index in [0.29, 0.717) is 0 Å². The second-order valence-electron chi connectivity index (χ2n) is 9.48. The van der Waals surface area contributed by atoms with Crippen molar-refractivity contribution >= 4 is 27.5 Å². The van der Waals surface area contributed by atoms with Crippen molar-refractivity contribution in [3.63, 3.8) is 0 Å². The molecule has 7 heteroatoms. The fourth-order valence-electron chi connectivity index (χ4n) is 4.75. The van der Waals surface area contributed by atoms with Gasteiger partial charge in [0.15, 0.2) is 0 Å². The zero-order chi connectivity index (χ0) is 25.4. The van der Waals surface area contributed by atoms with Crippen LogP contribution in [0.15, 0.2) is 85.2 Å². The largest absolute Gasteiger partial charge is 0.384 e. The number of benzene rings is 3. The molecule has 0 aliphatic carbocycles. The van der Waals surface area contributed by atoms with Gasteiger partial charge in [0.2, 0.25) is 0 Å². The molecule has 6 nitrogen and oxygen atoms in total. The molecule has 0 bridgehead atoms. The average molecular weight is 491 g/mol. The van der Waals surface area contributed by atoms with Gasteiger partial charge in [-0.1, -0.05) is 18.2 Å². The fourth-order valence-corrected chi connectivity index (χ4v) is 4.75. The van der Waals surface area contributed by atoms with Crippen LogP contribution in [0.25, 0.3) is 55.4 Å². The molecule has 0 fully saturated rings. The van der Waals surface area contributed by atoms with Crippen molar-refractivity contribution < 1.29 is 4.39 Å². The number of nitrogens with one attached hydrogen (secondary N) is 3. The number of fused-ring (bicyclic) bond motifs is 2. The van der Waals surface area contributed by atoms with Crippen LogP contribution in [0.1, 0.15) is 0 Å². The molecule has 0 aliphatic heterocycles. The summed E-state index contributed by atoms with van der Waals surface area (Å²) in [6.07, 6.45) is 3.59. The van der Waals surface area contributed by atoms with Crippen LogP contribution in [-0.4, -0.2) is 52.3 Å². The SMILES string of the molecule is CN(C)CCNc1cc(F)cc(-c2cccc3[nH]c(-c4n[nH]c5ccc(-c6ccncc6)cc45)cc23)c1. The van der Waals surface area contributed by atoms with E-state index in [2.05, 4.69) is 48.6 Å². The van der Waals surface area contributed by atoms with E-state index in [0.717, 1.165) is 74.2 Å². The van der Waals surface area contributed by atoms with E-state index in [4.69, 9.17) is 0 Å². The summed E-state index contributed by atoms with van der Waals surface area (Å²) >= 11 is 0. The van der Waals surface area contributed by atoms with Gasteiger partial charge in [-0.15, -0.1) is 0 Å². The molecule has 0 radical (unpaired) electrons. The maximum absolute atomic E-state index is 14.6. The van der Waals surface area contributed by atoms with Gasteiger partial charge in [-0.05, 0) is 90.9 Å². The smallest absolute Gasteiger partial charge is 0.125 e. The monoisotopic (exact) mass is 490 g/mol. The highest BCUT2D eigenvalue weighted by Crippen LogP contribution is 2.36. The minimum atomic E-state index is -0.264. The van der Waals surface area contributed by atoms with E-state index in [1.807, 2.05) is 56.6 Å². The maximum atomic E-state index is 14.6. The lowest BCUT2D eigenvalue weighted by molar-refractivity contribution is 0.425. The summed E-state index contributed by atoms with van der Waals surface area (Å²) in [6.45, 7) is 1.60. The Balaban J connectivity index is 1.41. The van der Waals surface area contributed by atoms with Crippen molar-refractivity contribution in [2.45, 2.75) is 0 Å². The van der Waals surface area contributed by atoms with Crippen LogP contribution in [0.5, 0.6) is 0 Å². The minimum Gasteiger partial charge on any atom is -0.384 e. The summed E-state index contributed by atoms with van der Waals surface area (Å²) < 4.78 is 14.6. The van der Waals surface area contributed by atoms with Crippen LogP contribution < -0.4 is 5.32 Å². The van der Waals surface area contributed by atoms with Crippen LogP contribution in [-0.2, 0) is 0 Å². The Morgan fingerprint density at radius 1 is 0.838 bits per heavy atom. The molecule has 0 atom stereocenters. The van der Waals surface area contributed by atoms with Gasteiger partial charge in [-0.2, -0.15) is 5.10 Å². The molecule has 37 heavy (non-hydrogen) atoms. The summed E-state index contributed by atoms with van der Waals surface area (Å²) in [5, 5.41) is 13.2. The van der Waals surface area contributed by atoms with Gasteiger partial charge >= 0.3 is 0 Å². The fraction of sp³-hybridized carbons (Fsp3) is 0.133. The molecule has 0 saturated carbocycles. The topological polar surface area (TPSA) is 72.6 Å². The van der Waals surface area contributed by atoms with Gasteiger partial charge in [-0.3, -0.25) is 10.1 Å². The number of hydrogen-bond donors (Lipinski definition) is 3. The molecule has 6 rings (SSSR count). The van der Waals surface area contributed by atoms with E-state index in [1.165, 1.54) is 6.07 Å². The third kappa shape index (κ3) is 4.57. The van der Waals surface area contributed by atoms with E-state index in [9.17, 15) is 4.39 Å². The van der Waals surface area contributed by atoms with Gasteiger partial charge in [0.05, 0.1) is 11.2 Å². The average Bonchev–Trinajstić information content (AvgIpc) is 3.52. The molecular formula is C30H27FN6. The third-order valence-electron chi connectivity index (χ3n) is 6.59. The van der Waals surface area contributed by atoms with Gasteiger partial charge in [0, 0.05) is 47.5 Å². The van der Waals surface area contributed by atoms with Crippen LogP contribution in [0.3, 0.4) is 0 Å². The highest BCUT2D eigenvalue weighted by molar-refractivity contribution is 6.02. The first-order valence-electron chi connectivity index (χ1n) is 12.3. The number of aromatic amines is 2. The Bertz CT molecular complexity index is 1700. The first-order chi connectivity index (χ1) is 18.0. The highest BCUT2D eigenvalue weighted by atomic mass is 19.1. The lowest BCUT2D eigenvalue weighted by atomic mass is 10.0. The number of pyridine rings is 1. The Labute approximate surface area is 214 Å². The molecule has 0 unspecified atom stereocenters. The van der Waals surface area contributed by atoms with Crippen LogP contribution in [0, 0.1) is 5.82 Å². The van der Waals surface area contributed by atoms with E-state index in [1.54, 1.807) is 18.5 Å². The van der Waals surface area contributed by atoms with Gasteiger partial charge in [0.1, 0.15) is 11.5 Å². The third-order valence-corrected chi connectivity index (χ3v) is 6.59. The van der Waals surface area contributed by atoms with Crippen molar-refractivity contribution in [2.24, 2.45) is 0 Å². The number of anilines is 1. The summed E-state index contributed by atoms with van der Waals surface area (Å²) in [5.41, 5.74) is 8.45. The quantitative estimate of drug-likeness (QED) is 0.237. The van der Waals surface area contributed by atoms with Crippen molar-refractivity contribution in [3.8, 4) is 33.6 Å². The second-order valence-corrected chi connectivity index (χ2v) is 9.48. The predicted octanol–water partition coefficient (Wildman–Crippen LogP) is 6.55. The lowest BCUT2D eigenvalue weighted by Gasteiger charge is -2.13. The van der Waals surface area contributed by atoms with Crippen molar-refractivity contribution in [1.29, 1.82) is 0 Å². The Hall–Kier alpha value is -4.49. The van der Waals surface area contributed by atoms with E-state index >= 15 is 0 Å². The molecule has 0 spiro atoms. The zero-order valence-electron chi connectivity index (χ0n) is 20.7. The number of halogens is 1. The number of aromatic nitrogens is 4. The lowest BCUT2D eigenvalue weighted by Crippen LogP contribution is -2.20. The Morgan fingerprint density at radius 3 is 2.54 bits per heavy atom.